The first-order valence-corrected chi connectivity index (χ1v) is 10.3. The van der Waals surface area contributed by atoms with Crippen LogP contribution in [-0.4, -0.2) is 28.5 Å². The Morgan fingerprint density at radius 1 is 1.00 bits per heavy atom. The number of nitrogens with zero attached hydrogens (tertiary/aromatic N) is 1. The average molecular weight is 429 g/mol. The lowest BCUT2D eigenvalue weighted by atomic mass is 9.94. The van der Waals surface area contributed by atoms with Crippen LogP contribution >= 0.6 is 0 Å². The summed E-state index contributed by atoms with van der Waals surface area (Å²) in [6.07, 6.45) is 0. The third kappa shape index (κ3) is 3.60. The van der Waals surface area contributed by atoms with Crippen LogP contribution in [0.25, 0.3) is 5.76 Å². The molecule has 1 unspecified atom stereocenters. The van der Waals surface area contributed by atoms with Gasteiger partial charge in [0, 0.05) is 5.56 Å². The molecule has 6 heteroatoms. The summed E-state index contributed by atoms with van der Waals surface area (Å²) in [5.74, 6) is -1.36. The van der Waals surface area contributed by atoms with Crippen molar-refractivity contribution in [3.05, 3.63) is 95.1 Å². The fourth-order valence-corrected chi connectivity index (χ4v) is 3.97. The number of ketones is 1. The summed E-state index contributed by atoms with van der Waals surface area (Å²) in [5.41, 5.74) is 2.00. The Morgan fingerprint density at radius 2 is 1.69 bits per heavy atom. The maximum absolute atomic E-state index is 13.1. The summed E-state index contributed by atoms with van der Waals surface area (Å²) >= 11 is 0. The zero-order valence-electron chi connectivity index (χ0n) is 17.8. The molecule has 0 saturated carbocycles. The SMILES string of the molecule is CCOc1ccc(/C(O)=C2/C(=O)C(=O)N(c3ccccc3O)C2c2ccccc2)cc1C. The van der Waals surface area contributed by atoms with Gasteiger partial charge in [-0.05, 0) is 55.3 Å². The maximum atomic E-state index is 13.1. The number of phenolic OH excluding ortho intramolecular Hbond substituents is 1. The van der Waals surface area contributed by atoms with Gasteiger partial charge >= 0.3 is 0 Å². The van der Waals surface area contributed by atoms with Gasteiger partial charge in [0.1, 0.15) is 17.3 Å². The van der Waals surface area contributed by atoms with Crippen LogP contribution in [0.3, 0.4) is 0 Å². The summed E-state index contributed by atoms with van der Waals surface area (Å²) in [7, 11) is 0. The van der Waals surface area contributed by atoms with Crippen LogP contribution in [0.15, 0.2) is 78.4 Å². The maximum Gasteiger partial charge on any atom is 0.300 e. The number of carbonyl (C=O) groups excluding carboxylic acids is 2. The second-order valence-corrected chi connectivity index (χ2v) is 7.48. The van der Waals surface area contributed by atoms with Crippen LogP contribution in [0.4, 0.5) is 5.69 Å². The topological polar surface area (TPSA) is 87.1 Å². The first-order chi connectivity index (χ1) is 15.4. The minimum absolute atomic E-state index is 0.0342. The molecule has 6 nitrogen and oxygen atoms in total. The van der Waals surface area contributed by atoms with Gasteiger partial charge in [-0.15, -0.1) is 0 Å². The van der Waals surface area contributed by atoms with E-state index in [1.165, 1.54) is 11.0 Å². The number of hydrogen-bond acceptors (Lipinski definition) is 5. The predicted octanol–water partition coefficient (Wildman–Crippen LogP) is 4.73. The van der Waals surface area contributed by atoms with E-state index in [4.69, 9.17) is 4.74 Å². The molecule has 162 valence electrons. The predicted molar refractivity (Wildman–Crippen MR) is 122 cm³/mol. The Kier molecular flexibility index (Phi) is 5.69. The lowest BCUT2D eigenvalue weighted by Crippen LogP contribution is -2.29. The minimum atomic E-state index is -0.892. The highest BCUT2D eigenvalue weighted by Crippen LogP contribution is 2.44. The van der Waals surface area contributed by atoms with Gasteiger partial charge in [-0.25, -0.2) is 0 Å². The van der Waals surface area contributed by atoms with E-state index in [9.17, 15) is 19.8 Å². The van der Waals surface area contributed by atoms with E-state index in [0.717, 1.165) is 5.56 Å². The largest absolute Gasteiger partial charge is 0.507 e. The van der Waals surface area contributed by atoms with Crippen molar-refractivity contribution in [3.8, 4) is 11.5 Å². The molecule has 0 radical (unpaired) electrons. The van der Waals surface area contributed by atoms with Crippen molar-refractivity contribution >= 4 is 23.1 Å². The number of carbonyl (C=O) groups is 2. The number of amides is 1. The summed E-state index contributed by atoms with van der Waals surface area (Å²) in [5, 5.41) is 21.6. The number of Topliss-reactive ketones (excluding diaryl/α,β-unsaturated/α-hetero) is 1. The van der Waals surface area contributed by atoms with E-state index in [1.54, 1.807) is 60.7 Å². The van der Waals surface area contributed by atoms with Gasteiger partial charge in [-0.3, -0.25) is 14.5 Å². The van der Waals surface area contributed by atoms with Crippen LogP contribution in [0.1, 0.15) is 29.7 Å². The number of hydrogen-bond donors (Lipinski definition) is 2. The highest BCUT2D eigenvalue weighted by Gasteiger charge is 2.47. The second kappa shape index (κ2) is 8.59. The Bertz CT molecular complexity index is 1220. The number of aliphatic hydroxyl groups excluding tert-OH is 1. The van der Waals surface area contributed by atoms with E-state index in [-0.39, 0.29) is 22.8 Å². The number of ether oxygens (including phenoxy) is 1. The number of benzene rings is 3. The Labute approximate surface area is 186 Å². The molecule has 32 heavy (non-hydrogen) atoms. The molecule has 0 aromatic heterocycles. The molecule has 2 N–H and O–H groups in total. The van der Waals surface area contributed by atoms with Gasteiger partial charge in [0.25, 0.3) is 11.7 Å². The van der Waals surface area contributed by atoms with Gasteiger partial charge in [0.15, 0.2) is 0 Å². The van der Waals surface area contributed by atoms with Crippen LogP contribution in [0, 0.1) is 6.92 Å². The molecule has 0 bridgehead atoms. The zero-order valence-corrected chi connectivity index (χ0v) is 17.8. The van der Waals surface area contributed by atoms with Crippen molar-refractivity contribution in [2.45, 2.75) is 19.9 Å². The molecule has 3 aromatic rings. The second-order valence-electron chi connectivity index (χ2n) is 7.48. The molecule has 1 aliphatic rings. The third-order valence-corrected chi connectivity index (χ3v) is 5.45. The van der Waals surface area contributed by atoms with Crippen molar-refractivity contribution in [2.24, 2.45) is 0 Å². The number of anilines is 1. The van der Waals surface area contributed by atoms with Crippen molar-refractivity contribution in [1.29, 1.82) is 0 Å². The first-order valence-electron chi connectivity index (χ1n) is 10.3. The van der Waals surface area contributed by atoms with Crippen molar-refractivity contribution in [1.82, 2.24) is 0 Å². The Balaban J connectivity index is 1.92. The van der Waals surface area contributed by atoms with Crippen molar-refractivity contribution in [2.75, 3.05) is 11.5 Å². The van der Waals surface area contributed by atoms with Crippen LogP contribution in [0.2, 0.25) is 0 Å². The van der Waals surface area contributed by atoms with E-state index < -0.39 is 17.7 Å². The monoisotopic (exact) mass is 429 g/mol. The molecule has 4 rings (SSSR count). The first kappa shape index (κ1) is 21.2. The van der Waals surface area contributed by atoms with Crippen LogP contribution < -0.4 is 9.64 Å². The zero-order chi connectivity index (χ0) is 22.8. The number of aromatic hydroxyl groups is 1. The number of para-hydroxylation sites is 2. The standard InChI is InChI=1S/C26H23NO5/c1-3-32-21-14-13-18(15-16(21)2)24(29)22-23(17-9-5-4-6-10-17)27(26(31)25(22)30)19-11-7-8-12-20(19)28/h4-15,23,28-29H,3H2,1-2H3/b24-22-. The van der Waals surface area contributed by atoms with E-state index in [0.29, 0.717) is 23.5 Å². The highest BCUT2D eigenvalue weighted by atomic mass is 16.5. The summed E-state index contributed by atoms with van der Waals surface area (Å²) in [6.45, 7) is 4.23. The Morgan fingerprint density at radius 3 is 2.34 bits per heavy atom. The lowest BCUT2D eigenvalue weighted by Gasteiger charge is -2.26. The van der Waals surface area contributed by atoms with E-state index in [2.05, 4.69) is 0 Å². The number of rotatable bonds is 5. The van der Waals surface area contributed by atoms with Crippen LogP contribution in [0.5, 0.6) is 11.5 Å². The van der Waals surface area contributed by atoms with Gasteiger partial charge in [0.2, 0.25) is 0 Å². The van der Waals surface area contributed by atoms with Crippen LogP contribution in [-0.2, 0) is 9.59 Å². The molecule has 1 heterocycles. The molecule has 1 amide bonds. The average Bonchev–Trinajstić information content (AvgIpc) is 3.06. The molecule has 1 aliphatic heterocycles. The molecule has 0 aliphatic carbocycles. The minimum Gasteiger partial charge on any atom is -0.507 e. The molecular weight excluding hydrogens is 406 g/mol. The molecule has 1 saturated heterocycles. The van der Waals surface area contributed by atoms with E-state index >= 15 is 0 Å². The smallest absolute Gasteiger partial charge is 0.300 e. The quantitative estimate of drug-likeness (QED) is 0.348. The number of phenols is 1. The highest BCUT2D eigenvalue weighted by molar-refractivity contribution is 6.51. The molecule has 0 spiro atoms. The lowest BCUT2D eigenvalue weighted by molar-refractivity contribution is -0.132. The molecule has 1 atom stereocenters. The van der Waals surface area contributed by atoms with Gasteiger partial charge in [0.05, 0.1) is 23.9 Å². The van der Waals surface area contributed by atoms with Crippen molar-refractivity contribution in [3.63, 3.8) is 0 Å². The molecular formula is C26H23NO5. The number of aliphatic hydroxyl groups is 1. The normalized spacial score (nSPS) is 17.6. The summed E-state index contributed by atoms with van der Waals surface area (Å²) in [4.78, 5) is 27.5. The van der Waals surface area contributed by atoms with Gasteiger partial charge < -0.3 is 14.9 Å². The summed E-state index contributed by atoms with van der Waals surface area (Å²) < 4.78 is 5.56. The third-order valence-electron chi connectivity index (χ3n) is 5.45. The summed E-state index contributed by atoms with van der Waals surface area (Å²) in [6, 6.07) is 19.5. The Hall–Kier alpha value is -4.06. The fraction of sp³-hybridized carbons (Fsp3) is 0.154. The number of aryl methyl sites for hydroxylation is 1. The van der Waals surface area contributed by atoms with Gasteiger partial charge in [-0.1, -0.05) is 42.5 Å². The van der Waals surface area contributed by atoms with Gasteiger partial charge in [-0.2, -0.15) is 0 Å². The van der Waals surface area contributed by atoms with Crippen molar-refractivity contribution < 1.29 is 24.5 Å². The molecule has 3 aromatic carbocycles. The van der Waals surface area contributed by atoms with E-state index in [1.807, 2.05) is 19.9 Å². The fourth-order valence-electron chi connectivity index (χ4n) is 3.97. The molecule has 1 fully saturated rings.